The van der Waals surface area contributed by atoms with Gasteiger partial charge in [-0.25, -0.2) is 9.97 Å². The molecule has 3 aromatic heterocycles. The highest BCUT2D eigenvalue weighted by molar-refractivity contribution is 5.89. The van der Waals surface area contributed by atoms with Crippen LogP contribution in [0.3, 0.4) is 0 Å². The third-order valence-corrected chi connectivity index (χ3v) is 3.87. The van der Waals surface area contributed by atoms with Gasteiger partial charge in [-0.05, 0) is 34.6 Å². The van der Waals surface area contributed by atoms with Crippen molar-refractivity contribution in [2.24, 2.45) is 7.05 Å². The Bertz CT molecular complexity index is 845. The molecule has 0 aliphatic heterocycles. The smallest absolute Gasteiger partial charge is 0.163 e. The number of hydrogen-bond acceptors (Lipinski definition) is 6. The van der Waals surface area contributed by atoms with Crippen LogP contribution in [-0.4, -0.2) is 34.5 Å². The van der Waals surface area contributed by atoms with Gasteiger partial charge in [0.25, 0.3) is 0 Å². The van der Waals surface area contributed by atoms with Crippen molar-refractivity contribution in [1.29, 1.82) is 0 Å². The fraction of sp³-hybridized carbons (Fsp3) is 0.533. The molecule has 0 aliphatic carbocycles. The van der Waals surface area contributed by atoms with Crippen molar-refractivity contribution in [2.45, 2.75) is 46.7 Å². The van der Waals surface area contributed by atoms with Gasteiger partial charge in [0, 0.05) is 13.1 Å². The van der Waals surface area contributed by atoms with E-state index in [9.17, 15) is 0 Å². The van der Waals surface area contributed by atoms with E-state index in [4.69, 9.17) is 0 Å². The number of aromatic nitrogens is 7. The lowest BCUT2D eigenvalue weighted by Crippen LogP contribution is -2.16. The van der Waals surface area contributed by atoms with Crippen molar-refractivity contribution < 1.29 is 0 Å². The second-order valence-electron chi connectivity index (χ2n) is 6.08. The van der Waals surface area contributed by atoms with Crippen LogP contribution >= 0.6 is 0 Å². The van der Waals surface area contributed by atoms with Crippen molar-refractivity contribution >= 4 is 16.9 Å². The molecule has 0 radical (unpaired) electrons. The van der Waals surface area contributed by atoms with Crippen molar-refractivity contribution in [2.75, 3.05) is 5.32 Å². The standard InChI is InChI=1S/C15H22N8/c1-8(2)23-7-16-20-14(23)10(4)17-13-12-9(3)21-22(6)15(12)19-11(5)18-13/h7-8,10H,1-6H3,(H,17,18,19)/t10-/m0/s1. The number of hydrogen-bond donors (Lipinski definition) is 1. The molecule has 1 N–H and O–H groups in total. The van der Waals surface area contributed by atoms with E-state index in [0.29, 0.717) is 11.9 Å². The molecule has 3 rings (SSSR count). The molecule has 0 unspecified atom stereocenters. The normalized spacial score (nSPS) is 13.0. The van der Waals surface area contributed by atoms with Crippen LogP contribution in [0.4, 0.5) is 5.82 Å². The molecular formula is C15H22N8. The van der Waals surface area contributed by atoms with Gasteiger partial charge in [0.1, 0.15) is 18.0 Å². The van der Waals surface area contributed by atoms with E-state index in [0.717, 1.165) is 28.4 Å². The summed E-state index contributed by atoms with van der Waals surface area (Å²) in [7, 11) is 1.89. The van der Waals surface area contributed by atoms with E-state index in [-0.39, 0.29) is 6.04 Å². The number of nitrogens with one attached hydrogen (secondary N) is 1. The second kappa shape index (κ2) is 5.60. The first kappa shape index (κ1) is 15.4. The Labute approximate surface area is 135 Å². The summed E-state index contributed by atoms with van der Waals surface area (Å²) in [4.78, 5) is 9.06. The van der Waals surface area contributed by atoms with E-state index in [1.165, 1.54) is 0 Å². The van der Waals surface area contributed by atoms with E-state index < -0.39 is 0 Å². The molecular weight excluding hydrogens is 292 g/mol. The summed E-state index contributed by atoms with van der Waals surface area (Å²) in [5, 5.41) is 17.1. The van der Waals surface area contributed by atoms with Crippen LogP contribution in [0.15, 0.2) is 6.33 Å². The maximum absolute atomic E-state index is 4.57. The summed E-state index contributed by atoms with van der Waals surface area (Å²) in [6, 6.07) is 0.272. The van der Waals surface area contributed by atoms with Gasteiger partial charge in [0.05, 0.1) is 17.1 Å². The largest absolute Gasteiger partial charge is 0.360 e. The first-order valence-corrected chi connectivity index (χ1v) is 7.72. The molecule has 0 saturated carbocycles. The van der Waals surface area contributed by atoms with Crippen LogP contribution in [0, 0.1) is 13.8 Å². The van der Waals surface area contributed by atoms with Gasteiger partial charge >= 0.3 is 0 Å². The fourth-order valence-corrected chi connectivity index (χ4v) is 2.78. The first-order chi connectivity index (χ1) is 10.9. The first-order valence-electron chi connectivity index (χ1n) is 7.72. The van der Waals surface area contributed by atoms with Crippen LogP contribution < -0.4 is 5.32 Å². The minimum atomic E-state index is -0.0305. The monoisotopic (exact) mass is 314 g/mol. The Balaban J connectivity index is 2.03. The van der Waals surface area contributed by atoms with E-state index >= 15 is 0 Å². The maximum Gasteiger partial charge on any atom is 0.163 e. The molecule has 3 aromatic rings. The number of aryl methyl sites for hydroxylation is 3. The van der Waals surface area contributed by atoms with Crippen molar-refractivity contribution in [3.63, 3.8) is 0 Å². The lowest BCUT2D eigenvalue weighted by molar-refractivity contribution is 0.552. The molecule has 23 heavy (non-hydrogen) atoms. The molecule has 0 aliphatic rings. The third-order valence-electron chi connectivity index (χ3n) is 3.87. The zero-order chi connectivity index (χ0) is 16.7. The van der Waals surface area contributed by atoms with Crippen LogP contribution in [0.25, 0.3) is 11.0 Å². The van der Waals surface area contributed by atoms with Gasteiger partial charge in [0.15, 0.2) is 11.5 Å². The summed E-state index contributed by atoms with van der Waals surface area (Å²) < 4.78 is 3.84. The zero-order valence-electron chi connectivity index (χ0n) is 14.4. The minimum Gasteiger partial charge on any atom is -0.360 e. The quantitative estimate of drug-likeness (QED) is 0.795. The number of nitrogens with zero attached hydrogens (tertiary/aromatic N) is 7. The SMILES string of the molecule is Cc1nc(N[C@@H](C)c2nncn2C(C)C)c2c(C)nn(C)c2n1. The minimum absolute atomic E-state index is 0.0305. The molecule has 0 saturated heterocycles. The highest BCUT2D eigenvalue weighted by Gasteiger charge is 2.19. The van der Waals surface area contributed by atoms with Crippen LogP contribution in [-0.2, 0) is 7.05 Å². The molecule has 0 fully saturated rings. The Hall–Kier alpha value is -2.51. The summed E-state index contributed by atoms with van der Waals surface area (Å²) in [6.45, 7) is 10.1. The Morgan fingerprint density at radius 3 is 2.57 bits per heavy atom. The topological polar surface area (TPSA) is 86.3 Å². The Morgan fingerprint density at radius 2 is 1.87 bits per heavy atom. The highest BCUT2D eigenvalue weighted by atomic mass is 15.3. The van der Waals surface area contributed by atoms with Gasteiger partial charge in [0.2, 0.25) is 0 Å². The molecule has 3 heterocycles. The molecule has 0 spiro atoms. The molecule has 122 valence electrons. The number of rotatable bonds is 4. The highest BCUT2D eigenvalue weighted by Crippen LogP contribution is 2.27. The lowest BCUT2D eigenvalue weighted by atomic mass is 10.2. The summed E-state index contributed by atoms with van der Waals surface area (Å²) in [5.74, 6) is 2.37. The van der Waals surface area contributed by atoms with E-state index in [1.54, 1.807) is 11.0 Å². The zero-order valence-corrected chi connectivity index (χ0v) is 14.4. The van der Waals surface area contributed by atoms with Crippen LogP contribution in [0.5, 0.6) is 0 Å². The molecule has 0 aromatic carbocycles. The predicted octanol–water partition coefficient (Wildman–Crippen LogP) is 2.33. The molecule has 8 nitrogen and oxygen atoms in total. The fourth-order valence-electron chi connectivity index (χ4n) is 2.78. The van der Waals surface area contributed by atoms with Gasteiger partial charge in [-0.15, -0.1) is 10.2 Å². The second-order valence-corrected chi connectivity index (χ2v) is 6.08. The van der Waals surface area contributed by atoms with Crippen molar-refractivity contribution in [3.05, 3.63) is 23.7 Å². The van der Waals surface area contributed by atoms with E-state index in [1.807, 2.05) is 20.9 Å². The summed E-state index contributed by atoms with van der Waals surface area (Å²) >= 11 is 0. The maximum atomic E-state index is 4.57. The molecule has 0 bridgehead atoms. The van der Waals surface area contributed by atoms with E-state index in [2.05, 4.69) is 55.9 Å². The van der Waals surface area contributed by atoms with Gasteiger partial charge in [-0.1, -0.05) is 0 Å². The molecule has 8 heteroatoms. The predicted molar refractivity (Wildman–Crippen MR) is 88.2 cm³/mol. The van der Waals surface area contributed by atoms with Crippen molar-refractivity contribution in [3.8, 4) is 0 Å². The van der Waals surface area contributed by atoms with Crippen LogP contribution in [0.1, 0.15) is 50.2 Å². The van der Waals surface area contributed by atoms with Crippen LogP contribution in [0.2, 0.25) is 0 Å². The third kappa shape index (κ3) is 2.64. The van der Waals surface area contributed by atoms with Crippen molar-refractivity contribution in [1.82, 2.24) is 34.5 Å². The van der Waals surface area contributed by atoms with Gasteiger partial charge in [-0.2, -0.15) is 5.10 Å². The molecule has 0 amide bonds. The average molecular weight is 314 g/mol. The lowest BCUT2D eigenvalue weighted by Gasteiger charge is -2.18. The number of fused-ring (bicyclic) bond motifs is 1. The summed E-state index contributed by atoms with van der Waals surface area (Å²) in [5.41, 5.74) is 1.73. The Kier molecular flexibility index (Phi) is 3.75. The Morgan fingerprint density at radius 1 is 1.13 bits per heavy atom. The summed E-state index contributed by atoms with van der Waals surface area (Å²) in [6.07, 6.45) is 1.76. The molecule has 1 atom stereocenters. The van der Waals surface area contributed by atoms with Gasteiger partial charge in [-0.3, -0.25) is 4.68 Å². The average Bonchev–Trinajstić information content (AvgIpc) is 3.05. The number of anilines is 1. The van der Waals surface area contributed by atoms with Gasteiger partial charge < -0.3 is 9.88 Å².